The molecule has 0 aromatic heterocycles. The van der Waals surface area contributed by atoms with Crippen LogP contribution in [0.15, 0.2) is 0 Å². The molecule has 17 heavy (non-hydrogen) atoms. The molecule has 0 saturated heterocycles. The van der Waals surface area contributed by atoms with Crippen molar-refractivity contribution >= 4 is 5.91 Å². The Hall–Kier alpha value is -0.570. The van der Waals surface area contributed by atoms with Gasteiger partial charge in [-0.15, -0.1) is 0 Å². The molecule has 1 aliphatic carbocycles. The van der Waals surface area contributed by atoms with Crippen LogP contribution in [0.1, 0.15) is 58.8 Å². The van der Waals surface area contributed by atoms with Gasteiger partial charge in [0.05, 0.1) is 0 Å². The van der Waals surface area contributed by atoms with Crippen LogP contribution in [-0.2, 0) is 4.79 Å². The molecular weight excluding hydrogens is 212 g/mol. The van der Waals surface area contributed by atoms with Gasteiger partial charge in [-0.2, -0.15) is 0 Å². The largest absolute Gasteiger partial charge is 0.356 e. The van der Waals surface area contributed by atoms with E-state index in [1.54, 1.807) is 0 Å². The Labute approximate surface area is 106 Å². The molecule has 1 saturated carbocycles. The molecule has 1 fully saturated rings. The number of nitrogens with two attached hydrogens (primary N) is 1. The van der Waals surface area contributed by atoms with E-state index in [0.29, 0.717) is 6.42 Å². The van der Waals surface area contributed by atoms with Crippen LogP contribution in [0.25, 0.3) is 0 Å². The predicted octanol–water partition coefficient (Wildman–Crippen LogP) is 2.45. The van der Waals surface area contributed by atoms with Crippen LogP contribution < -0.4 is 11.1 Å². The lowest BCUT2D eigenvalue weighted by molar-refractivity contribution is -0.121. The Balaban J connectivity index is 2.04. The maximum Gasteiger partial charge on any atom is 0.220 e. The summed E-state index contributed by atoms with van der Waals surface area (Å²) in [7, 11) is 0. The van der Waals surface area contributed by atoms with Gasteiger partial charge in [0, 0.05) is 19.0 Å². The average Bonchev–Trinajstić information content (AvgIpc) is 2.26. The van der Waals surface area contributed by atoms with Crippen LogP contribution >= 0.6 is 0 Å². The molecule has 0 aliphatic heterocycles. The molecular formula is C14H28N2O. The third-order valence-corrected chi connectivity index (χ3v) is 3.75. The van der Waals surface area contributed by atoms with Crippen LogP contribution in [-0.4, -0.2) is 18.5 Å². The standard InChI is InChI=1S/C14H28N2O/c1-11-4-3-5-13(10-11)8-9-16-14(17)7-6-12(2)15/h11-13H,3-10,15H2,1-2H3,(H,16,17). The molecule has 1 rings (SSSR count). The fraction of sp³-hybridized carbons (Fsp3) is 0.929. The van der Waals surface area contributed by atoms with E-state index in [9.17, 15) is 4.79 Å². The maximum absolute atomic E-state index is 11.5. The second-order valence-electron chi connectivity index (χ2n) is 5.79. The minimum absolute atomic E-state index is 0.125. The summed E-state index contributed by atoms with van der Waals surface area (Å²) in [6.07, 6.45) is 7.94. The van der Waals surface area contributed by atoms with Crippen molar-refractivity contribution in [2.45, 2.75) is 64.8 Å². The van der Waals surface area contributed by atoms with Gasteiger partial charge in [-0.3, -0.25) is 4.79 Å². The summed E-state index contributed by atoms with van der Waals surface area (Å²) in [6, 6.07) is 0.125. The molecule has 3 heteroatoms. The van der Waals surface area contributed by atoms with Crippen molar-refractivity contribution in [1.82, 2.24) is 5.32 Å². The zero-order chi connectivity index (χ0) is 12.7. The van der Waals surface area contributed by atoms with Crippen molar-refractivity contribution in [2.24, 2.45) is 17.6 Å². The lowest BCUT2D eigenvalue weighted by atomic mass is 9.81. The van der Waals surface area contributed by atoms with E-state index in [1.165, 1.54) is 25.7 Å². The van der Waals surface area contributed by atoms with Gasteiger partial charge in [-0.25, -0.2) is 0 Å². The molecule has 3 atom stereocenters. The number of nitrogens with one attached hydrogen (secondary N) is 1. The number of carbonyl (C=O) groups is 1. The van der Waals surface area contributed by atoms with Gasteiger partial charge in [0.1, 0.15) is 0 Å². The summed E-state index contributed by atoms with van der Waals surface area (Å²) in [5.74, 6) is 1.86. The maximum atomic E-state index is 11.5. The van der Waals surface area contributed by atoms with Crippen molar-refractivity contribution in [2.75, 3.05) is 6.54 Å². The third-order valence-electron chi connectivity index (χ3n) is 3.75. The molecule has 1 amide bonds. The Bertz CT molecular complexity index is 228. The zero-order valence-electron chi connectivity index (χ0n) is 11.4. The van der Waals surface area contributed by atoms with Gasteiger partial charge in [-0.1, -0.05) is 26.2 Å². The minimum atomic E-state index is 0.125. The summed E-state index contributed by atoms with van der Waals surface area (Å²) < 4.78 is 0. The minimum Gasteiger partial charge on any atom is -0.356 e. The lowest BCUT2D eigenvalue weighted by Gasteiger charge is -2.26. The molecule has 3 N–H and O–H groups in total. The van der Waals surface area contributed by atoms with Gasteiger partial charge in [0.25, 0.3) is 0 Å². The van der Waals surface area contributed by atoms with E-state index in [0.717, 1.165) is 31.2 Å². The molecule has 0 aromatic carbocycles. The summed E-state index contributed by atoms with van der Waals surface area (Å²) in [4.78, 5) is 11.5. The van der Waals surface area contributed by atoms with Gasteiger partial charge in [-0.05, 0) is 38.0 Å². The van der Waals surface area contributed by atoms with Crippen LogP contribution in [0.2, 0.25) is 0 Å². The second kappa shape index (κ2) is 7.70. The Morgan fingerprint density at radius 3 is 2.88 bits per heavy atom. The Kier molecular flexibility index (Phi) is 6.56. The number of hydrogen-bond acceptors (Lipinski definition) is 2. The van der Waals surface area contributed by atoms with E-state index in [4.69, 9.17) is 5.73 Å². The van der Waals surface area contributed by atoms with Gasteiger partial charge in [0.2, 0.25) is 5.91 Å². The first-order valence-electron chi connectivity index (χ1n) is 7.10. The van der Waals surface area contributed by atoms with Crippen LogP contribution in [0.4, 0.5) is 0 Å². The number of carbonyl (C=O) groups excluding carboxylic acids is 1. The molecule has 3 unspecified atom stereocenters. The topological polar surface area (TPSA) is 55.1 Å². The van der Waals surface area contributed by atoms with Crippen LogP contribution in [0.3, 0.4) is 0 Å². The van der Waals surface area contributed by atoms with E-state index in [1.807, 2.05) is 6.92 Å². The highest BCUT2D eigenvalue weighted by atomic mass is 16.1. The first kappa shape index (κ1) is 14.5. The fourth-order valence-electron chi connectivity index (χ4n) is 2.68. The van der Waals surface area contributed by atoms with Gasteiger partial charge >= 0.3 is 0 Å². The van der Waals surface area contributed by atoms with Gasteiger partial charge < -0.3 is 11.1 Å². The first-order valence-corrected chi connectivity index (χ1v) is 7.10. The Morgan fingerprint density at radius 2 is 2.24 bits per heavy atom. The van der Waals surface area contributed by atoms with Crippen LogP contribution in [0.5, 0.6) is 0 Å². The van der Waals surface area contributed by atoms with Crippen LogP contribution in [0, 0.1) is 11.8 Å². The molecule has 1 aliphatic rings. The number of amides is 1. The molecule has 100 valence electrons. The molecule has 0 heterocycles. The monoisotopic (exact) mass is 240 g/mol. The summed E-state index contributed by atoms with van der Waals surface area (Å²) in [5, 5.41) is 3.01. The van der Waals surface area contributed by atoms with Crippen molar-refractivity contribution < 1.29 is 4.79 Å². The lowest BCUT2D eigenvalue weighted by Crippen LogP contribution is -2.28. The highest BCUT2D eigenvalue weighted by Crippen LogP contribution is 2.30. The number of hydrogen-bond donors (Lipinski definition) is 2. The quantitative estimate of drug-likeness (QED) is 0.749. The van der Waals surface area contributed by atoms with Gasteiger partial charge in [0.15, 0.2) is 0 Å². The normalized spacial score (nSPS) is 26.5. The molecule has 3 nitrogen and oxygen atoms in total. The van der Waals surface area contributed by atoms with E-state index < -0.39 is 0 Å². The molecule has 0 spiro atoms. The predicted molar refractivity (Wildman–Crippen MR) is 71.6 cm³/mol. The second-order valence-corrected chi connectivity index (χ2v) is 5.79. The average molecular weight is 240 g/mol. The van der Waals surface area contributed by atoms with E-state index in [-0.39, 0.29) is 11.9 Å². The van der Waals surface area contributed by atoms with Crippen molar-refractivity contribution in [3.63, 3.8) is 0 Å². The summed E-state index contributed by atoms with van der Waals surface area (Å²) in [6.45, 7) is 5.12. The smallest absolute Gasteiger partial charge is 0.220 e. The summed E-state index contributed by atoms with van der Waals surface area (Å²) >= 11 is 0. The Morgan fingerprint density at radius 1 is 1.47 bits per heavy atom. The van der Waals surface area contributed by atoms with Crippen molar-refractivity contribution in [3.05, 3.63) is 0 Å². The zero-order valence-corrected chi connectivity index (χ0v) is 11.4. The van der Waals surface area contributed by atoms with Crippen molar-refractivity contribution in [1.29, 1.82) is 0 Å². The molecule has 0 radical (unpaired) electrons. The summed E-state index contributed by atoms with van der Waals surface area (Å²) in [5.41, 5.74) is 5.62. The van der Waals surface area contributed by atoms with E-state index >= 15 is 0 Å². The third kappa shape index (κ3) is 6.67. The number of rotatable bonds is 6. The highest BCUT2D eigenvalue weighted by Gasteiger charge is 2.18. The molecule has 0 aromatic rings. The fourth-order valence-corrected chi connectivity index (χ4v) is 2.68. The highest BCUT2D eigenvalue weighted by molar-refractivity contribution is 5.75. The van der Waals surface area contributed by atoms with Crippen molar-refractivity contribution in [3.8, 4) is 0 Å². The SMILES string of the molecule is CC(N)CCC(=O)NCCC1CCCC(C)C1. The molecule has 0 bridgehead atoms. The first-order chi connectivity index (χ1) is 8.08. The van der Waals surface area contributed by atoms with E-state index in [2.05, 4.69) is 12.2 Å².